The van der Waals surface area contributed by atoms with Crippen LogP contribution in [0, 0.1) is 11.3 Å². The van der Waals surface area contributed by atoms with Crippen LogP contribution in [-0.2, 0) is 6.42 Å². The van der Waals surface area contributed by atoms with Crippen LogP contribution >= 0.6 is 0 Å². The van der Waals surface area contributed by atoms with Crippen LogP contribution in [-0.4, -0.2) is 9.97 Å². The van der Waals surface area contributed by atoms with Gasteiger partial charge in [-0.05, 0) is 0 Å². The summed E-state index contributed by atoms with van der Waals surface area (Å²) in [5.41, 5.74) is 0.868. The van der Waals surface area contributed by atoms with Gasteiger partial charge in [0.25, 0.3) is 0 Å². The van der Waals surface area contributed by atoms with E-state index in [0.29, 0.717) is 6.42 Å². The van der Waals surface area contributed by atoms with Crippen molar-refractivity contribution in [2.75, 3.05) is 0 Å². The van der Waals surface area contributed by atoms with E-state index in [-0.39, 0.29) is 0 Å². The zero-order chi connectivity index (χ0) is 7.82. The Morgan fingerprint density at radius 1 is 1.70 bits per heavy atom. The SMILES string of the molecule is CC.N#CCc1cnc[nH]1. The minimum atomic E-state index is 0.417. The van der Waals surface area contributed by atoms with E-state index in [1.807, 2.05) is 19.9 Å². The van der Waals surface area contributed by atoms with Crippen LogP contribution < -0.4 is 0 Å². The Balaban J connectivity index is 0.000000371. The van der Waals surface area contributed by atoms with Gasteiger partial charge in [0, 0.05) is 11.9 Å². The summed E-state index contributed by atoms with van der Waals surface area (Å²) in [6.45, 7) is 4.00. The van der Waals surface area contributed by atoms with Crippen molar-refractivity contribution in [2.24, 2.45) is 0 Å². The summed E-state index contributed by atoms with van der Waals surface area (Å²) in [4.78, 5) is 6.54. The maximum Gasteiger partial charge on any atom is 0.0922 e. The van der Waals surface area contributed by atoms with Crippen molar-refractivity contribution in [1.82, 2.24) is 9.97 Å². The lowest BCUT2D eigenvalue weighted by Crippen LogP contribution is -1.76. The van der Waals surface area contributed by atoms with Crippen LogP contribution in [0.25, 0.3) is 0 Å². The summed E-state index contributed by atoms with van der Waals surface area (Å²) in [5, 5.41) is 8.14. The summed E-state index contributed by atoms with van der Waals surface area (Å²) in [6.07, 6.45) is 3.62. The topological polar surface area (TPSA) is 52.5 Å². The Kier molecular flexibility index (Phi) is 5.07. The molecule has 3 nitrogen and oxygen atoms in total. The maximum atomic E-state index is 8.14. The standard InChI is InChI=1S/C5H5N3.C2H6/c6-2-1-5-3-7-4-8-5;1-2/h3-4H,1H2,(H,7,8);1-2H3. The van der Waals surface area contributed by atoms with Gasteiger partial charge in [-0.15, -0.1) is 0 Å². The van der Waals surface area contributed by atoms with Crippen molar-refractivity contribution in [1.29, 1.82) is 5.26 Å². The van der Waals surface area contributed by atoms with E-state index >= 15 is 0 Å². The lowest BCUT2D eigenvalue weighted by Gasteiger charge is -1.77. The molecule has 0 spiro atoms. The van der Waals surface area contributed by atoms with Crippen LogP contribution in [0.15, 0.2) is 12.5 Å². The third-order valence-electron chi connectivity index (χ3n) is 0.824. The van der Waals surface area contributed by atoms with E-state index in [2.05, 4.69) is 9.97 Å². The van der Waals surface area contributed by atoms with Gasteiger partial charge in [0.05, 0.1) is 18.8 Å². The number of rotatable bonds is 1. The smallest absolute Gasteiger partial charge is 0.0922 e. The highest BCUT2D eigenvalue weighted by atomic mass is 14.9. The summed E-state index contributed by atoms with van der Waals surface area (Å²) >= 11 is 0. The first-order valence-corrected chi connectivity index (χ1v) is 3.27. The zero-order valence-corrected chi connectivity index (χ0v) is 6.26. The molecular formula is C7H11N3. The monoisotopic (exact) mass is 137 g/mol. The number of nitriles is 1. The summed E-state index contributed by atoms with van der Waals surface area (Å²) in [5.74, 6) is 0. The Hall–Kier alpha value is -1.30. The average molecular weight is 137 g/mol. The van der Waals surface area contributed by atoms with Crippen LogP contribution in [0.2, 0.25) is 0 Å². The number of hydrogen-bond donors (Lipinski definition) is 1. The molecule has 0 unspecified atom stereocenters. The van der Waals surface area contributed by atoms with Gasteiger partial charge in [-0.3, -0.25) is 0 Å². The molecule has 54 valence electrons. The molecule has 0 aliphatic heterocycles. The molecule has 0 bridgehead atoms. The first kappa shape index (κ1) is 8.70. The van der Waals surface area contributed by atoms with E-state index in [1.54, 1.807) is 12.5 Å². The molecule has 1 aromatic heterocycles. The van der Waals surface area contributed by atoms with Crippen molar-refractivity contribution in [3.63, 3.8) is 0 Å². The van der Waals surface area contributed by atoms with Gasteiger partial charge >= 0.3 is 0 Å². The second-order valence-corrected chi connectivity index (χ2v) is 1.41. The fourth-order valence-electron chi connectivity index (χ4n) is 0.467. The molecule has 0 aromatic carbocycles. The van der Waals surface area contributed by atoms with Gasteiger partial charge in [-0.2, -0.15) is 5.26 Å². The number of H-pyrrole nitrogens is 1. The van der Waals surface area contributed by atoms with Gasteiger partial charge in [0.2, 0.25) is 0 Å². The maximum absolute atomic E-state index is 8.14. The summed E-state index contributed by atoms with van der Waals surface area (Å²) < 4.78 is 0. The van der Waals surface area contributed by atoms with Crippen molar-refractivity contribution < 1.29 is 0 Å². The normalized spacial score (nSPS) is 7.30. The van der Waals surface area contributed by atoms with Gasteiger partial charge in [-0.25, -0.2) is 4.98 Å². The molecule has 0 aliphatic rings. The minimum absolute atomic E-state index is 0.417. The van der Waals surface area contributed by atoms with Gasteiger partial charge in [-0.1, -0.05) is 13.8 Å². The highest BCUT2D eigenvalue weighted by Crippen LogP contribution is 1.88. The number of nitrogens with zero attached hydrogens (tertiary/aromatic N) is 2. The molecule has 0 fully saturated rings. The molecule has 10 heavy (non-hydrogen) atoms. The quantitative estimate of drug-likeness (QED) is 0.637. The Morgan fingerprint density at radius 2 is 2.40 bits per heavy atom. The van der Waals surface area contributed by atoms with Crippen molar-refractivity contribution in [3.05, 3.63) is 18.2 Å². The molecule has 0 aliphatic carbocycles. The number of aromatic amines is 1. The molecule has 0 saturated heterocycles. The van der Waals surface area contributed by atoms with Crippen LogP contribution in [0.4, 0.5) is 0 Å². The van der Waals surface area contributed by atoms with E-state index in [1.165, 1.54) is 0 Å². The average Bonchev–Trinajstić information content (AvgIpc) is 2.46. The highest BCUT2D eigenvalue weighted by molar-refractivity contribution is 5.00. The second kappa shape index (κ2) is 5.83. The van der Waals surface area contributed by atoms with Crippen molar-refractivity contribution in [2.45, 2.75) is 20.3 Å². The first-order chi connectivity index (χ1) is 4.93. The number of imidazole rings is 1. The van der Waals surface area contributed by atoms with Gasteiger partial charge in [0.1, 0.15) is 0 Å². The molecule has 1 heterocycles. The summed E-state index contributed by atoms with van der Waals surface area (Å²) in [6, 6.07) is 2.00. The Morgan fingerprint density at radius 3 is 2.80 bits per heavy atom. The lowest BCUT2D eigenvalue weighted by atomic mass is 10.4. The number of aromatic nitrogens is 2. The van der Waals surface area contributed by atoms with Gasteiger partial charge in [0.15, 0.2) is 0 Å². The lowest BCUT2D eigenvalue weighted by molar-refractivity contribution is 1.16. The number of nitrogens with one attached hydrogen (secondary N) is 1. The molecule has 0 saturated carbocycles. The molecule has 0 radical (unpaired) electrons. The van der Waals surface area contributed by atoms with E-state index in [0.717, 1.165) is 5.69 Å². The third-order valence-corrected chi connectivity index (χ3v) is 0.824. The third kappa shape index (κ3) is 2.88. The fraction of sp³-hybridized carbons (Fsp3) is 0.429. The van der Waals surface area contributed by atoms with E-state index in [4.69, 9.17) is 5.26 Å². The fourth-order valence-corrected chi connectivity index (χ4v) is 0.467. The van der Waals surface area contributed by atoms with E-state index in [9.17, 15) is 0 Å². The molecule has 1 aromatic rings. The van der Waals surface area contributed by atoms with E-state index < -0.39 is 0 Å². The molecule has 3 heteroatoms. The highest BCUT2D eigenvalue weighted by Gasteiger charge is 1.86. The Labute approximate surface area is 60.7 Å². The predicted molar refractivity (Wildman–Crippen MR) is 39.3 cm³/mol. The molecular weight excluding hydrogens is 126 g/mol. The zero-order valence-electron chi connectivity index (χ0n) is 6.26. The number of hydrogen-bond acceptors (Lipinski definition) is 2. The second-order valence-electron chi connectivity index (χ2n) is 1.41. The minimum Gasteiger partial charge on any atom is -0.348 e. The van der Waals surface area contributed by atoms with Crippen LogP contribution in [0.1, 0.15) is 19.5 Å². The molecule has 0 atom stereocenters. The molecule has 1 N–H and O–H groups in total. The van der Waals surface area contributed by atoms with Crippen LogP contribution in [0.5, 0.6) is 0 Å². The largest absolute Gasteiger partial charge is 0.348 e. The summed E-state index contributed by atoms with van der Waals surface area (Å²) in [7, 11) is 0. The van der Waals surface area contributed by atoms with Gasteiger partial charge < -0.3 is 4.98 Å². The molecule has 0 amide bonds. The van der Waals surface area contributed by atoms with Crippen molar-refractivity contribution >= 4 is 0 Å². The van der Waals surface area contributed by atoms with Crippen LogP contribution in [0.3, 0.4) is 0 Å². The predicted octanol–water partition coefficient (Wildman–Crippen LogP) is 1.50. The Bertz CT molecular complexity index is 183. The van der Waals surface area contributed by atoms with Crippen molar-refractivity contribution in [3.8, 4) is 6.07 Å². The first-order valence-electron chi connectivity index (χ1n) is 3.27. The molecule has 1 rings (SSSR count).